The first-order valence-electron chi connectivity index (χ1n) is 3.16. The van der Waals surface area contributed by atoms with Crippen molar-refractivity contribution in [3.8, 4) is 0 Å². The van der Waals surface area contributed by atoms with Gasteiger partial charge >= 0.3 is 0 Å². The number of hydrogen-bond acceptors (Lipinski definition) is 2. The van der Waals surface area contributed by atoms with E-state index < -0.39 is 0 Å². The maximum absolute atomic E-state index is 5.75. The molecule has 10 heavy (non-hydrogen) atoms. The minimum atomic E-state index is 0.414. The summed E-state index contributed by atoms with van der Waals surface area (Å²) in [6, 6.07) is 4.39. The highest BCUT2D eigenvalue weighted by Crippen LogP contribution is 2.25. The molecule has 0 spiro atoms. The van der Waals surface area contributed by atoms with E-state index in [1.807, 2.05) is 19.2 Å². The molecule has 1 N–H and O–H groups in total. The summed E-state index contributed by atoms with van der Waals surface area (Å²) in [5.74, 6) is 0. The monoisotopic (exact) mass is 175 g/mol. The first-order valence-corrected chi connectivity index (χ1v) is 4.36. The lowest BCUT2D eigenvalue weighted by molar-refractivity contribution is 0.664. The van der Waals surface area contributed by atoms with E-state index in [9.17, 15) is 0 Å². The van der Waals surface area contributed by atoms with Crippen LogP contribution in [0.15, 0.2) is 12.1 Å². The summed E-state index contributed by atoms with van der Waals surface area (Å²) in [6.07, 6.45) is 0. The van der Waals surface area contributed by atoms with Gasteiger partial charge < -0.3 is 5.32 Å². The zero-order valence-electron chi connectivity index (χ0n) is 6.02. The predicted octanol–water partition coefficient (Wildman–Crippen LogP) is 2.68. The predicted molar refractivity (Wildman–Crippen MR) is 46.8 cm³/mol. The highest BCUT2D eigenvalue weighted by molar-refractivity contribution is 7.16. The molecular formula is C7H10ClNS. The highest BCUT2D eigenvalue weighted by Gasteiger charge is 2.03. The van der Waals surface area contributed by atoms with Crippen molar-refractivity contribution < 1.29 is 0 Å². The van der Waals surface area contributed by atoms with Gasteiger partial charge in [0, 0.05) is 10.9 Å². The van der Waals surface area contributed by atoms with E-state index in [1.165, 1.54) is 4.88 Å². The molecule has 0 radical (unpaired) electrons. The van der Waals surface area contributed by atoms with Crippen LogP contribution >= 0.6 is 22.9 Å². The number of hydrogen-bond donors (Lipinski definition) is 1. The van der Waals surface area contributed by atoms with Gasteiger partial charge in [-0.2, -0.15) is 0 Å². The Hall–Kier alpha value is -0.0500. The average Bonchev–Trinajstić information content (AvgIpc) is 2.34. The minimum Gasteiger partial charge on any atom is -0.313 e. The number of rotatable bonds is 2. The van der Waals surface area contributed by atoms with Crippen molar-refractivity contribution in [3.05, 3.63) is 21.3 Å². The summed E-state index contributed by atoms with van der Waals surface area (Å²) in [5, 5.41) is 3.15. The van der Waals surface area contributed by atoms with E-state index in [1.54, 1.807) is 11.3 Å². The molecule has 0 aliphatic heterocycles. The van der Waals surface area contributed by atoms with Gasteiger partial charge in [-0.3, -0.25) is 0 Å². The molecule has 1 rings (SSSR count). The van der Waals surface area contributed by atoms with Crippen molar-refractivity contribution in [1.82, 2.24) is 5.32 Å². The van der Waals surface area contributed by atoms with Crippen LogP contribution in [-0.2, 0) is 0 Å². The minimum absolute atomic E-state index is 0.414. The third-order valence-corrected chi connectivity index (χ3v) is 2.87. The smallest absolute Gasteiger partial charge is 0.0931 e. The molecule has 0 saturated carbocycles. The molecule has 0 aliphatic rings. The van der Waals surface area contributed by atoms with Crippen LogP contribution in [0.4, 0.5) is 0 Å². The molecule has 1 heterocycles. The zero-order chi connectivity index (χ0) is 7.56. The molecular weight excluding hydrogens is 166 g/mol. The van der Waals surface area contributed by atoms with Crippen LogP contribution < -0.4 is 5.32 Å². The number of thiophene rings is 1. The zero-order valence-corrected chi connectivity index (χ0v) is 7.59. The van der Waals surface area contributed by atoms with Gasteiger partial charge in [0.25, 0.3) is 0 Å². The van der Waals surface area contributed by atoms with Gasteiger partial charge in [0.05, 0.1) is 4.34 Å². The second-order valence-electron chi connectivity index (χ2n) is 2.15. The third kappa shape index (κ3) is 1.72. The molecule has 0 fully saturated rings. The summed E-state index contributed by atoms with van der Waals surface area (Å²) >= 11 is 7.38. The van der Waals surface area contributed by atoms with Gasteiger partial charge in [-0.15, -0.1) is 11.3 Å². The Bertz CT molecular complexity index is 209. The fourth-order valence-electron chi connectivity index (χ4n) is 0.703. The van der Waals surface area contributed by atoms with Crippen molar-refractivity contribution in [2.45, 2.75) is 13.0 Å². The summed E-state index contributed by atoms with van der Waals surface area (Å²) in [4.78, 5) is 1.28. The summed E-state index contributed by atoms with van der Waals surface area (Å²) < 4.78 is 0.858. The fraction of sp³-hybridized carbons (Fsp3) is 0.429. The van der Waals surface area contributed by atoms with E-state index in [4.69, 9.17) is 11.6 Å². The molecule has 56 valence electrons. The summed E-state index contributed by atoms with van der Waals surface area (Å²) in [5.41, 5.74) is 0. The molecule has 0 bridgehead atoms. The highest BCUT2D eigenvalue weighted by atomic mass is 35.5. The van der Waals surface area contributed by atoms with Gasteiger partial charge in [-0.05, 0) is 26.1 Å². The summed E-state index contributed by atoms with van der Waals surface area (Å²) in [6.45, 7) is 2.11. The third-order valence-electron chi connectivity index (χ3n) is 1.45. The van der Waals surface area contributed by atoms with Crippen LogP contribution in [0.1, 0.15) is 17.8 Å². The maximum atomic E-state index is 5.75. The van der Waals surface area contributed by atoms with Gasteiger partial charge in [0.1, 0.15) is 0 Å². The molecule has 0 aromatic carbocycles. The van der Waals surface area contributed by atoms with Crippen LogP contribution in [-0.4, -0.2) is 7.05 Å². The van der Waals surface area contributed by atoms with Crippen molar-refractivity contribution in [3.63, 3.8) is 0 Å². The topological polar surface area (TPSA) is 12.0 Å². The van der Waals surface area contributed by atoms with Crippen molar-refractivity contribution in [2.75, 3.05) is 7.05 Å². The molecule has 0 aliphatic carbocycles. The average molecular weight is 176 g/mol. The van der Waals surface area contributed by atoms with E-state index >= 15 is 0 Å². The lowest BCUT2D eigenvalue weighted by atomic mass is 10.3. The first kappa shape index (κ1) is 8.05. The van der Waals surface area contributed by atoms with E-state index in [2.05, 4.69) is 12.2 Å². The quantitative estimate of drug-likeness (QED) is 0.729. The van der Waals surface area contributed by atoms with Crippen LogP contribution in [0.2, 0.25) is 4.34 Å². The lowest BCUT2D eigenvalue weighted by Crippen LogP contribution is -2.10. The SMILES string of the molecule is CNC(C)c1ccc(Cl)s1. The molecule has 0 amide bonds. The molecule has 1 nitrogen and oxygen atoms in total. The second kappa shape index (κ2) is 3.37. The van der Waals surface area contributed by atoms with Crippen LogP contribution in [0, 0.1) is 0 Å². The van der Waals surface area contributed by atoms with Gasteiger partial charge in [0.15, 0.2) is 0 Å². The van der Waals surface area contributed by atoms with Crippen molar-refractivity contribution in [1.29, 1.82) is 0 Å². The Morgan fingerprint density at radius 2 is 2.30 bits per heavy atom. The number of halogens is 1. The van der Waals surface area contributed by atoms with Gasteiger partial charge in [-0.25, -0.2) is 0 Å². The molecule has 0 saturated heterocycles. The molecule has 1 unspecified atom stereocenters. The van der Waals surface area contributed by atoms with E-state index in [0.717, 1.165) is 4.34 Å². The molecule has 1 aromatic rings. The second-order valence-corrected chi connectivity index (χ2v) is 3.90. The van der Waals surface area contributed by atoms with Crippen LogP contribution in [0.3, 0.4) is 0 Å². The Kier molecular flexibility index (Phi) is 2.72. The largest absolute Gasteiger partial charge is 0.313 e. The van der Waals surface area contributed by atoms with Gasteiger partial charge in [-0.1, -0.05) is 11.6 Å². The molecule has 1 atom stereocenters. The lowest BCUT2D eigenvalue weighted by Gasteiger charge is -2.05. The Morgan fingerprint density at radius 3 is 2.70 bits per heavy atom. The fourth-order valence-corrected chi connectivity index (χ4v) is 1.83. The van der Waals surface area contributed by atoms with E-state index in [-0.39, 0.29) is 0 Å². The van der Waals surface area contributed by atoms with Crippen LogP contribution in [0.25, 0.3) is 0 Å². The van der Waals surface area contributed by atoms with Crippen molar-refractivity contribution >= 4 is 22.9 Å². The molecule has 1 aromatic heterocycles. The maximum Gasteiger partial charge on any atom is 0.0931 e. The number of nitrogens with one attached hydrogen (secondary N) is 1. The van der Waals surface area contributed by atoms with Crippen LogP contribution in [0.5, 0.6) is 0 Å². The Morgan fingerprint density at radius 1 is 1.60 bits per heavy atom. The summed E-state index contributed by atoms with van der Waals surface area (Å²) in [7, 11) is 1.94. The Balaban J connectivity index is 2.74. The normalized spacial score (nSPS) is 13.5. The van der Waals surface area contributed by atoms with Gasteiger partial charge in [0.2, 0.25) is 0 Å². The van der Waals surface area contributed by atoms with E-state index in [0.29, 0.717) is 6.04 Å². The standard InChI is InChI=1S/C7H10ClNS/c1-5(9-2)6-3-4-7(8)10-6/h3-5,9H,1-2H3. The Labute approximate surface area is 70.0 Å². The van der Waals surface area contributed by atoms with Crippen molar-refractivity contribution in [2.24, 2.45) is 0 Å². The first-order chi connectivity index (χ1) is 4.74. The molecule has 3 heteroatoms.